The van der Waals surface area contributed by atoms with E-state index in [1.165, 1.54) is 17.1 Å². The number of imidazole rings is 1. The highest BCUT2D eigenvalue weighted by atomic mass is 19.3. The average molecular weight is 484 g/mol. The molecule has 1 aromatic heterocycles. The van der Waals surface area contributed by atoms with Gasteiger partial charge in [-0.05, 0) is 22.3 Å². The summed E-state index contributed by atoms with van der Waals surface area (Å²) in [7, 11) is 0. The molecule has 2 amide bonds. The van der Waals surface area contributed by atoms with Crippen molar-refractivity contribution in [2.45, 2.75) is 18.4 Å². The van der Waals surface area contributed by atoms with Gasteiger partial charge in [-0.15, -0.1) is 0 Å². The third-order valence-electron chi connectivity index (χ3n) is 5.63. The molecule has 0 atom stereocenters. The molecule has 0 spiro atoms. The average Bonchev–Trinajstić information content (AvgIpc) is 3.44. The fourth-order valence-electron chi connectivity index (χ4n) is 3.89. The summed E-state index contributed by atoms with van der Waals surface area (Å²) in [5.41, 5.74) is 4.30. The predicted octanol–water partition coefficient (Wildman–Crippen LogP) is 2.87. The van der Waals surface area contributed by atoms with E-state index in [1.54, 1.807) is 0 Å². The first-order valence-corrected chi connectivity index (χ1v) is 10.8. The fourth-order valence-corrected chi connectivity index (χ4v) is 3.89. The SMILES string of the molecule is O=C(NCCn1cnc(C(=O)NCC(F)(F)C(=O)O)c1)OCC1c2ccccc2-c2ccccc21. The van der Waals surface area contributed by atoms with Gasteiger partial charge in [0, 0.05) is 25.2 Å². The van der Waals surface area contributed by atoms with Crippen molar-refractivity contribution in [3.63, 3.8) is 0 Å². The molecule has 1 heterocycles. The van der Waals surface area contributed by atoms with Crippen LogP contribution in [0.3, 0.4) is 0 Å². The van der Waals surface area contributed by atoms with Crippen LogP contribution in [0.4, 0.5) is 13.6 Å². The summed E-state index contributed by atoms with van der Waals surface area (Å²) in [5, 5.41) is 12.8. The topological polar surface area (TPSA) is 123 Å². The van der Waals surface area contributed by atoms with Crippen LogP contribution in [0.2, 0.25) is 0 Å². The summed E-state index contributed by atoms with van der Waals surface area (Å²) in [5.74, 6) is -7.40. The smallest absolute Gasteiger partial charge is 0.407 e. The van der Waals surface area contributed by atoms with Gasteiger partial charge in [-0.2, -0.15) is 8.78 Å². The number of hydrogen-bond acceptors (Lipinski definition) is 5. The molecule has 11 heteroatoms. The molecule has 0 saturated carbocycles. The van der Waals surface area contributed by atoms with E-state index in [9.17, 15) is 23.2 Å². The van der Waals surface area contributed by atoms with Crippen molar-refractivity contribution in [2.75, 3.05) is 19.7 Å². The van der Waals surface area contributed by atoms with Gasteiger partial charge in [0.1, 0.15) is 12.3 Å². The normalized spacial score (nSPS) is 12.5. The molecular formula is C24H22F2N4O5. The number of hydrogen-bond donors (Lipinski definition) is 3. The summed E-state index contributed by atoms with van der Waals surface area (Å²) in [4.78, 5) is 38.3. The molecule has 1 aliphatic rings. The maximum Gasteiger partial charge on any atom is 0.407 e. The maximum atomic E-state index is 13.1. The van der Waals surface area contributed by atoms with Crippen LogP contribution in [0, 0.1) is 0 Å². The number of aliphatic carboxylic acids is 1. The van der Waals surface area contributed by atoms with Crippen LogP contribution in [0.25, 0.3) is 11.1 Å². The van der Waals surface area contributed by atoms with Gasteiger partial charge in [0.05, 0.1) is 12.9 Å². The van der Waals surface area contributed by atoms with Gasteiger partial charge in [-0.3, -0.25) is 4.79 Å². The molecule has 3 aromatic rings. The second kappa shape index (κ2) is 9.92. The molecule has 2 aromatic carbocycles. The Kier molecular flexibility index (Phi) is 6.76. The zero-order valence-electron chi connectivity index (χ0n) is 18.4. The number of alkyl carbamates (subject to hydrolysis) is 1. The first kappa shape index (κ1) is 23.9. The lowest BCUT2D eigenvalue weighted by Gasteiger charge is -2.14. The minimum atomic E-state index is -4.08. The first-order chi connectivity index (χ1) is 16.8. The third-order valence-corrected chi connectivity index (χ3v) is 5.63. The number of carbonyl (C=O) groups is 3. The van der Waals surface area contributed by atoms with Crippen molar-refractivity contribution in [1.82, 2.24) is 20.2 Å². The summed E-state index contributed by atoms with van der Waals surface area (Å²) in [6.07, 6.45) is 2.00. The van der Waals surface area contributed by atoms with Crippen LogP contribution >= 0.6 is 0 Å². The Morgan fingerprint density at radius 2 is 1.66 bits per heavy atom. The zero-order valence-corrected chi connectivity index (χ0v) is 18.4. The van der Waals surface area contributed by atoms with Gasteiger partial charge in [0.25, 0.3) is 5.91 Å². The number of carboxylic acids is 1. The van der Waals surface area contributed by atoms with Crippen molar-refractivity contribution in [3.05, 3.63) is 77.9 Å². The third kappa shape index (κ3) is 5.29. The summed E-state index contributed by atoms with van der Waals surface area (Å²) >= 11 is 0. The first-order valence-electron chi connectivity index (χ1n) is 10.8. The molecular weight excluding hydrogens is 462 g/mol. The van der Waals surface area contributed by atoms with Crippen LogP contribution in [0.1, 0.15) is 27.5 Å². The van der Waals surface area contributed by atoms with Crippen LogP contribution in [0.5, 0.6) is 0 Å². The Hall–Kier alpha value is -4.28. The van der Waals surface area contributed by atoms with Crippen molar-refractivity contribution >= 4 is 18.0 Å². The molecule has 0 aliphatic heterocycles. The largest absolute Gasteiger partial charge is 0.477 e. The van der Waals surface area contributed by atoms with E-state index in [2.05, 4.69) is 10.3 Å². The molecule has 182 valence electrons. The molecule has 0 unspecified atom stereocenters. The van der Waals surface area contributed by atoms with Gasteiger partial charge >= 0.3 is 18.0 Å². The molecule has 0 saturated heterocycles. The summed E-state index contributed by atoms with van der Waals surface area (Å²) in [6.45, 7) is -0.755. The fraction of sp³-hybridized carbons (Fsp3) is 0.250. The number of ether oxygens (including phenoxy) is 1. The zero-order chi connectivity index (χ0) is 25.0. The van der Waals surface area contributed by atoms with Gasteiger partial charge in [-0.25, -0.2) is 14.6 Å². The summed E-state index contributed by atoms with van der Waals surface area (Å²) < 4.78 is 33.1. The van der Waals surface area contributed by atoms with Gasteiger partial charge < -0.3 is 25.0 Å². The number of benzene rings is 2. The number of alkyl halides is 2. The second-order valence-corrected chi connectivity index (χ2v) is 7.94. The number of halogens is 2. The van der Waals surface area contributed by atoms with E-state index >= 15 is 0 Å². The van der Waals surface area contributed by atoms with Crippen molar-refractivity contribution in [1.29, 1.82) is 0 Å². The maximum absolute atomic E-state index is 13.1. The highest BCUT2D eigenvalue weighted by molar-refractivity contribution is 5.92. The number of nitrogens with one attached hydrogen (secondary N) is 2. The number of aromatic nitrogens is 2. The number of fused-ring (bicyclic) bond motifs is 3. The van der Waals surface area contributed by atoms with Crippen LogP contribution < -0.4 is 10.6 Å². The lowest BCUT2D eigenvalue weighted by molar-refractivity contribution is -0.163. The lowest BCUT2D eigenvalue weighted by atomic mass is 9.98. The standard InChI is InChI=1S/C24H22F2N4O5/c25-24(26,22(32)33)13-28-21(31)20-11-30(14-29-20)10-9-27-23(34)35-12-19-17-7-3-1-5-15(17)16-6-2-4-8-18(16)19/h1-8,11,14,19H,9-10,12-13H2,(H,27,34)(H,28,31)(H,32,33). The number of carbonyl (C=O) groups excluding carboxylic acids is 2. The highest BCUT2D eigenvalue weighted by Gasteiger charge is 2.39. The van der Waals surface area contributed by atoms with E-state index < -0.39 is 30.4 Å². The molecule has 3 N–H and O–H groups in total. The van der Waals surface area contributed by atoms with Crippen molar-refractivity contribution < 1.29 is 33.0 Å². The van der Waals surface area contributed by atoms with Crippen LogP contribution in [-0.2, 0) is 16.1 Å². The summed E-state index contributed by atoms with van der Waals surface area (Å²) in [6, 6.07) is 16.0. The van der Waals surface area contributed by atoms with Gasteiger partial charge in [0.2, 0.25) is 0 Å². The quantitative estimate of drug-likeness (QED) is 0.429. The molecule has 4 rings (SSSR count). The lowest BCUT2D eigenvalue weighted by Crippen LogP contribution is -2.42. The van der Waals surface area contributed by atoms with E-state index in [0.29, 0.717) is 0 Å². The predicted molar refractivity (Wildman–Crippen MR) is 120 cm³/mol. The van der Waals surface area contributed by atoms with E-state index in [1.807, 2.05) is 53.8 Å². The molecule has 1 aliphatic carbocycles. The minimum absolute atomic E-state index is 0.0589. The number of amides is 2. The molecule has 0 radical (unpaired) electrons. The number of nitrogens with zero attached hydrogens (tertiary/aromatic N) is 2. The van der Waals surface area contributed by atoms with Gasteiger partial charge in [0.15, 0.2) is 0 Å². The number of carboxylic acid groups (broad SMARTS) is 1. The Balaban J connectivity index is 1.24. The Bertz CT molecular complexity index is 1210. The molecule has 9 nitrogen and oxygen atoms in total. The minimum Gasteiger partial charge on any atom is -0.477 e. The Morgan fingerprint density at radius 3 is 2.29 bits per heavy atom. The Labute approximate surface area is 198 Å². The second-order valence-electron chi connectivity index (χ2n) is 7.94. The van der Waals surface area contributed by atoms with Gasteiger partial charge in [-0.1, -0.05) is 48.5 Å². The van der Waals surface area contributed by atoms with E-state index in [-0.39, 0.29) is 31.3 Å². The Morgan fingerprint density at radius 1 is 1.03 bits per heavy atom. The highest BCUT2D eigenvalue weighted by Crippen LogP contribution is 2.44. The molecule has 0 fully saturated rings. The molecule has 35 heavy (non-hydrogen) atoms. The monoisotopic (exact) mass is 484 g/mol. The number of rotatable bonds is 9. The molecule has 0 bridgehead atoms. The van der Waals surface area contributed by atoms with E-state index in [4.69, 9.17) is 9.84 Å². The van der Waals surface area contributed by atoms with Crippen molar-refractivity contribution in [3.8, 4) is 11.1 Å². The van der Waals surface area contributed by atoms with Crippen LogP contribution in [0.15, 0.2) is 61.1 Å². The van der Waals surface area contributed by atoms with E-state index in [0.717, 1.165) is 22.3 Å². The van der Waals surface area contributed by atoms with Crippen LogP contribution in [-0.4, -0.2) is 58.2 Å². The van der Waals surface area contributed by atoms with Crippen molar-refractivity contribution in [2.24, 2.45) is 0 Å².